The molecule has 13 heavy (non-hydrogen) atoms. The Labute approximate surface area is 91.6 Å². The molecule has 4 heteroatoms. The fourth-order valence-electron chi connectivity index (χ4n) is 1.77. The van der Waals surface area contributed by atoms with Crippen molar-refractivity contribution in [2.45, 2.75) is 28.8 Å². The molecule has 74 valence electrons. The molecule has 0 aromatic carbocycles. The molecule has 0 aromatic rings. The van der Waals surface area contributed by atoms with E-state index in [-0.39, 0.29) is 4.83 Å². The van der Waals surface area contributed by atoms with Crippen molar-refractivity contribution in [1.82, 2.24) is 4.90 Å². The number of hydrogen-bond acceptors (Lipinski definition) is 2. The Bertz CT molecular complexity index is 230. The average molecular weight is 264 g/mol. The molecular weight excluding hydrogens is 250 g/mol. The number of rotatable bonds is 3. The van der Waals surface area contributed by atoms with Crippen molar-refractivity contribution in [3.63, 3.8) is 0 Å². The predicted molar refractivity (Wildman–Crippen MR) is 59.4 cm³/mol. The Kier molecular flexibility index (Phi) is 2.62. The van der Waals surface area contributed by atoms with Gasteiger partial charge >= 0.3 is 0 Å². The van der Waals surface area contributed by atoms with E-state index >= 15 is 0 Å². The Hall–Kier alpha value is 0.300. The van der Waals surface area contributed by atoms with Gasteiger partial charge in [0.15, 0.2) is 0 Å². The maximum Gasteiger partial charge on any atom is 0.236 e. The van der Waals surface area contributed by atoms with Crippen molar-refractivity contribution in [2.24, 2.45) is 0 Å². The summed E-state index contributed by atoms with van der Waals surface area (Å²) in [6.07, 6.45) is 5.69. The highest BCUT2D eigenvalue weighted by Crippen LogP contribution is 2.48. The second-order valence-corrected chi connectivity index (χ2v) is 6.28. The fraction of sp³-hybridized carbons (Fsp3) is 0.889. The average Bonchev–Trinajstić information content (AvgIpc) is 2.85. The number of thioether (sulfide) groups is 1. The predicted octanol–water partition coefficient (Wildman–Crippen LogP) is 1.88. The van der Waals surface area contributed by atoms with Crippen LogP contribution in [0.2, 0.25) is 0 Å². The summed E-state index contributed by atoms with van der Waals surface area (Å²) in [7, 11) is 0. The van der Waals surface area contributed by atoms with E-state index in [1.807, 2.05) is 16.7 Å². The number of alkyl halides is 1. The van der Waals surface area contributed by atoms with Gasteiger partial charge in [-0.2, -0.15) is 11.8 Å². The maximum absolute atomic E-state index is 11.6. The zero-order valence-electron chi connectivity index (χ0n) is 7.75. The van der Waals surface area contributed by atoms with E-state index in [0.29, 0.717) is 10.7 Å². The van der Waals surface area contributed by atoms with E-state index in [2.05, 4.69) is 22.2 Å². The number of nitrogens with zero attached hydrogens (tertiary/aromatic N) is 1. The summed E-state index contributed by atoms with van der Waals surface area (Å²) < 4.78 is 0.423. The Morgan fingerprint density at radius 3 is 2.77 bits per heavy atom. The SMILES string of the molecule is CSC1(CN2CCC(Br)C2=O)CC1. The lowest BCUT2D eigenvalue weighted by Gasteiger charge is -2.21. The van der Waals surface area contributed by atoms with Crippen LogP contribution < -0.4 is 0 Å². The van der Waals surface area contributed by atoms with Gasteiger partial charge in [-0.3, -0.25) is 4.79 Å². The molecule has 2 nitrogen and oxygen atoms in total. The smallest absolute Gasteiger partial charge is 0.236 e. The number of amides is 1. The van der Waals surface area contributed by atoms with Crippen LogP contribution in [0.25, 0.3) is 0 Å². The molecule has 1 unspecified atom stereocenters. The third-order valence-electron chi connectivity index (χ3n) is 2.95. The summed E-state index contributed by atoms with van der Waals surface area (Å²) in [5.74, 6) is 0.292. The van der Waals surface area contributed by atoms with Gasteiger partial charge in [-0.15, -0.1) is 0 Å². The molecule has 1 saturated carbocycles. The molecule has 1 aliphatic carbocycles. The summed E-state index contributed by atoms with van der Waals surface area (Å²) in [5.41, 5.74) is 0. The van der Waals surface area contributed by atoms with Crippen molar-refractivity contribution >= 4 is 33.6 Å². The van der Waals surface area contributed by atoms with Gasteiger partial charge in [0, 0.05) is 17.8 Å². The standard InChI is InChI=1S/C9H14BrNOS/c1-13-9(3-4-9)6-11-5-2-7(10)8(11)12/h7H,2-6H2,1H3. The molecule has 1 atom stereocenters. The lowest BCUT2D eigenvalue weighted by molar-refractivity contribution is -0.127. The van der Waals surface area contributed by atoms with Gasteiger partial charge in [0.05, 0.1) is 4.83 Å². The highest BCUT2D eigenvalue weighted by atomic mass is 79.9. The van der Waals surface area contributed by atoms with Crippen LogP contribution in [0.3, 0.4) is 0 Å². The minimum absolute atomic E-state index is 0.0881. The van der Waals surface area contributed by atoms with Crippen molar-refractivity contribution in [3.05, 3.63) is 0 Å². The zero-order valence-corrected chi connectivity index (χ0v) is 10.2. The molecule has 2 aliphatic rings. The van der Waals surface area contributed by atoms with Gasteiger partial charge in [-0.25, -0.2) is 0 Å². The first-order valence-corrected chi connectivity index (χ1v) is 6.79. The van der Waals surface area contributed by atoms with Crippen molar-refractivity contribution in [2.75, 3.05) is 19.3 Å². The summed E-state index contributed by atoms with van der Waals surface area (Å²) in [5, 5.41) is 0. The summed E-state index contributed by atoms with van der Waals surface area (Å²) in [4.78, 5) is 13.7. The molecule has 0 bridgehead atoms. The van der Waals surface area contributed by atoms with E-state index in [0.717, 1.165) is 19.5 Å². The number of likely N-dealkylation sites (tertiary alicyclic amines) is 1. The van der Waals surface area contributed by atoms with Crippen molar-refractivity contribution in [1.29, 1.82) is 0 Å². The van der Waals surface area contributed by atoms with Gasteiger partial charge in [0.1, 0.15) is 0 Å². The summed E-state index contributed by atoms with van der Waals surface area (Å²) in [6.45, 7) is 1.91. The van der Waals surface area contributed by atoms with Gasteiger partial charge in [-0.1, -0.05) is 15.9 Å². The molecule has 1 heterocycles. The molecule has 1 amide bonds. The topological polar surface area (TPSA) is 20.3 Å². The van der Waals surface area contributed by atoms with Crippen LogP contribution in [0.1, 0.15) is 19.3 Å². The first kappa shape index (κ1) is 9.84. The van der Waals surface area contributed by atoms with Gasteiger partial charge in [-0.05, 0) is 25.5 Å². The molecule has 1 aliphatic heterocycles. The van der Waals surface area contributed by atoms with Crippen LogP contribution in [0.4, 0.5) is 0 Å². The van der Waals surface area contributed by atoms with E-state index in [1.54, 1.807) is 0 Å². The molecule has 0 aromatic heterocycles. The van der Waals surface area contributed by atoms with Gasteiger partial charge in [0.25, 0.3) is 0 Å². The molecule has 0 N–H and O–H groups in total. The maximum atomic E-state index is 11.6. The molecular formula is C9H14BrNOS. The molecule has 2 fully saturated rings. The Balaban J connectivity index is 1.92. The monoisotopic (exact) mass is 263 g/mol. The molecule has 2 rings (SSSR count). The summed E-state index contributed by atoms with van der Waals surface area (Å²) >= 11 is 5.32. The van der Waals surface area contributed by atoms with E-state index in [9.17, 15) is 4.79 Å². The minimum atomic E-state index is 0.0881. The number of halogens is 1. The quantitative estimate of drug-likeness (QED) is 0.725. The molecule has 0 spiro atoms. The van der Waals surface area contributed by atoms with Crippen LogP contribution in [0.15, 0.2) is 0 Å². The Morgan fingerprint density at radius 2 is 2.38 bits per heavy atom. The van der Waals surface area contributed by atoms with Crippen molar-refractivity contribution in [3.8, 4) is 0 Å². The third-order valence-corrected chi connectivity index (χ3v) is 5.20. The van der Waals surface area contributed by atoms with Crippen LogP contribution >= 0.6 is 27.7 Å². The highest BCUT2D eigenvalue weighted by molar-refractivity contribution is 9.10. The van der Waals surface area contributed by atoms with E-state index in [4.69, 9.17) is 0 Å². The van der Waals surface area contributed by atoms with Gasteiger partial charge in [0.2, 0.25) is 5.91 Å². The van der Waals surface area contributed by atoms with Gasteiger partial charge < -0.3 is 4.90 Å². The minimum Gasteiger partial charge on any atom is -0.340 e. The third kappa shape index (κ3) is 1.89. The van der Waals surface area contributed by atoms with Crippen LogP contribution in [-0.4, -0.2) is 39.7 Å². The zero-order chi connectivity index (χ0) is 9.47. The van der Waals surface area contributed by atoms with Crippen LogP contribution in [-0.2, 0) is 4.79 Å². The first-order valence-electron chi connectivity index (χ1n) is 4.65. The second-order valence-electron chi connectivity index (χ2n) is 3.90. The van der Waals surface area contributed by atoms with Crippen LogP contribution in [0, 0.1) is 0 Å². The van der Waals surface area contributed by atoms with Crippen LogP contribution in [0.5, 0.6) is 0 Å². The lowest BCUT2D eigenvalue weighted by atomic mass is 10.4. The van der Waals surface area contributed by atoms with E-state index in [1.165, 1.54) is 12.8 Å². The largest absolute Gasteiger partial charge is 0.340 e. The Morgan fingerprint density at radius 1 is 1.69 bits per heavy atom. The molecule has 0 radical (unpaired) electrons. The number of hydrogen-bond donors (Lipinski definition) is 0. The second kappa shape index (κ2) is 3.46. The highest BCUT2D eigenvalue weighted by Gasteiger charge is 2.45. The number of carbonyl (C=O) groups is 1. The summed E-state index contributed by atoms with van der Waals surface area (Å²) in [6, 6.07) is 0. The number of carbonyl (C=O) groups excluding carboxylic acids is 1. The molecule has 1 saturated heterocycles. The lowest BCUT2D eigenvalue weighted by Crippen LogP contribution is -2.34. The van der Waals surface area contributed by atoms with Crippen molar-refractivity contribution < 1.29 is 4.79 Å². The fourth-order valence-corrected chi connectivity index (χ4v) is 3.06. The van der Waals surface area contributed by atoms with E-state index < -0.39 is 0 Å². The first-order chi connectivity index (χ1) is 6.17. The normalized spacial score (nSPS) is 31.1.